The Morgan fingerprint density at radius 2 is 2.19 bits per heavy atom. The second-order valence-electron chi connectivity index (χ2n) is 7.15. The number of hydrogen-bond donors (Lipinski definition) is 1. The normalized spacial score (nSPS) is 17.3. The first-order valence-corrected chi connectivity index (χ1v) is 9.96. The Balaban J connectivity index is 1.94. The van der Waals surface area contributed by atoms with Gasteiger partial charge in [-0.2, -0.15) is 0 Å². The second-order valence-corrected chi connectivity index (χ2v) is 7.15. The highest BCUT2D eigenvalue weighted by atomic mass is 16.5. The molecule has 1 amide bonds. The Morgan fingerprint density at radius 1 is 1.37 bits per heavy atom. The SMILES string of the molecule is CCNC(=NCCc1cccc(C(=O)N(C)C)c1)N1CCC(COCC)C1. The zero-order valence-electron chi connectivity index (χ0n) is 17.2. The molecule has 0 radical (unpaired) electrons. The average molecular weight is 375 g/mol. The minimum absolute atomic E-state index is 0.0334. The molecule has 1 heterocycles. The summed E-state index contributed by atoms with van der Waals surface area (Å²) >= 11 is 0. The van der Waals surface area contributed by atoms with Crippen molar-refractivity contribution in [3.8, 4) is 0 Å². The van der Waals surface area contributed by atoms with Gasteiger partial charge in [0.25, 0.3) is 5.91 Å². The summed E-state index contributed by atoms with van der Waals surface area (Å²) in [6.45, 7) is 9.33. The molecule has 1 aliphatic rings. The van der Waals surface area contributed by atoms with Gasteiger partial charge < -0.3 is 19.9 Å². The van der Waals surface area contributed by atoms with E-state index in [1.165, 1.54) is 0 Å². The van der Waals surface area contributed by atoms with E-state index in [0.717, 1.165) is 62.8 Å². The predicted octanol–water partition coefficient (Wildman–Crippen LogP) is 2.25. The number of likely N-dealkylation sites (tertiary alicyclic amines) is 1. The molecule has 1 atom stereocenters. The van der Waals surface area contributed by atoms with Gasteiger partial charge in [0, 0.05) is 58.4 Å². The summed E-state index contributed by atoms with van der Waals surface area (Å²) in [6.07, 6.45) is 1.97. The molecule has 0 saturated carbocycles. The summed E-state index contributed by atoms with van der Waals surface area (Å²) in [5, 5.41) is 3.41. The van der Waals surface area contributed by atoms with Crippen LogP contribution >= 0.6 is 0 Å². The van der Waals surface area contributed by atoms with Crippen molar-refractivity contribution in [2.45, 2.75) is 26.7 Å². The van der Waals surface area contributed by atoms with Crippen molar-refractivity contribution in [3.05, 3.63) is 35.4 Å². The molecule has 150 valence electrons. The highest BCUT2D eigenvalue weighted by Crippen LogP contribution is 2.17. The van der Waals surface area contributed by atoms with E-state index in [1.807, 2.05) is 25.1 Å². The fourth-order valence-corrected chi connectivity index (χ4v) is 3.28. The van der Waals surface area contributed by atoms with Crippen molar-refractivity contribution in [1.82, 2.24) is 15.1 Å². The van der Waals surface area contributed by atoms with Gasteiger partial charge in [0.1, 0.15) is 0 Å². The molecule has 0 aromatic heterocycles. The van der Waals surface area contributed by atoms with E-state index in [1.54, 1.807) is 19.0 Å². The van der Waals surface area contributed by atoms with Crippen LogP contribution in [0.5, 0.6) is 0 Å². The quantitative estimate of drug-likeness (QED) is 0.560. The third kappa shape index (κ3) is 6.54. The minimum Gasteiger partial charge on any atom is -0.381 e. The summed E-state index contributed by atoms with van der Waals surface area (Å²) in [5.41, 5.74) is 1.87. The van der Waals surface area contributed by atoms with Crippen LogP contribution in [-0.4, -0.2) is 75.2 Å². The van der Waals surface area contributed by atoms with E-state index in [4.69, 9.17) is 9.73 Å². The van der Waals surface area contributed by atoms with E-state index >= 15 is 0 Å². The van der Waals surface area contributed by atoms with Gasteiger partial charge in [0.05, 0.1) is 6.61 Å². The van der Waals surface area contributed by atoms with E-state index in [0.29, 0.717) is 12.5 Å². The van der Waals surface area contributed by atoms with Gasteiger partial charge in [-0.1, -0.05) is 12.1 Å². The standard InChI is InChI=1S/C21H34N4O2/c1-5-22-21(25-13-11-18(15-25)16-27-6-2)23-12-10-17-8-7-9-19(14-17)20(26)24(3)4/h7-9,14,18H,5-6,10-13,15-16H2,1-4H3,(H,22,23). The number of nitrogens with one attached hydrogen (secondary N) is 1. The first-order valence-electron chi connectivity index (χ1n) is 9.96. The molecule has 6 nitrogen and oxygen atoms in total. The van der Waals surface area contributed by atoms with Gasteiger partial charge in [-0.25, -0.2) is 0 Å². The van der Waals surface area contributed by atoms with Gasteiger partial charge in [-0.15, -0.1) is 0 Å². The molecule has 1 N–H and O–H groups in total. The molecule has 1 unspecified atom stereocenters. The van der Waals surface area contributed by atoms with Crippen molar-refractivity contribution in [2.75, 3.05) is 53.5 Å². The van der Waals surface area contributed by atoms with Crippen LogP contribution < -0.4 is 5.32 Å². The van der Waals surface area contributed by atoms with Crippen LogP contribution in [0.1, 0.15) is 36.2 Å². The van der Waals surface area contributed by atoms with Gasteiger partial charge in [0.15, 0.2) is 5.96 Å². The molecule has 0 bridgehead atoms. The number of rotatable bonds is 8. The number of benzene rings is 1. The van der Waals surface area contributed by atoms with E-state index in [9.17, 15) is 4.79 Å². The number of ether oxygens (including phenoxy) is 1. The first-order chi connectivity index (χ1) is 13.0. The Hall–Kier alpha value is -2.08. The Kier molecular flexibility index (Phi) is 8.58. The first kappa shape index (κ1) is 21.2. The Bertz CT molecular complexity index is 630. The second kappa shape index (κ2) is 10.9. The van der Waals surface area contributed by atoms with Crippen molar-refractivity contribution in [1.29, 1.82) is 0 Å². The Labute approximate surface area is 163 Å². The lowest BCUT2D eigenvalue weighted by atomic mass is 10.1. The number of carbonyl (C=O) groups is 1. The van der Waals surface area contributed by atoms with Gasteiger partial charge in [-0.05, 0) is 44.4 Å². The van der Waals surface area contributed by atoms with E-state index < -0.39 is 0 Å². The number of aliphatic imine (C=N–C) groups is 1. The largest absolute Gasteiger partial charge is 0.381 e. The number of guanidine groups is 1. The van der Waals surface area contributed by atoms with Crippen molar-refractivity contribution >= 4 is 11.9 Å². The summed E-state index contributed by atoms with van der Waals surface area (Å²) < 4.78 is 5.57. The molecule has 0 spiro atoms. The van der Waals surface area contributed by atoms with Crippen molar-refractivity contribution in [3.63, 3.8) is 0 Å². The Morgan fingerprint density at radius 3 is 2.89 bits per heavy atom. The van der Waals surface area contributed by atoms with Crippen molar-refractivity contribution < 1.29 is 9.53 Å². The maximum atomic E-state index is 12.1. The molecule has 1 saturated heterocycles. The average Bonchev–Trinajstić information content (AvgIpc) is 3.14. The highest BCUT2D eigenvalue weighted by Gasteiger charge is 2.24. The molecule has 2 rings (SSSR count). The van der Waals surface area contributed by atoms with Gasteiger partial charge in [-0.3, -0.25) is 9.79 Å². The fraction of sp³-hybridized carbons (Fsp3) is 0.619. The lowest BCUT2D eigenvalue weighted by Crippen LogP contribution is -2.40. The summed E-state index contributed by atoms with van der Waals surface area (Å²) in [7, 11) is 3.55. The lowest BCUT2D eigenvalue weighted by molar-refractivity contribution is 0.0827. The maximum Gasteiger partial charge on any atom is 0.253 e. The van der Waals surface area contributed by atoms with E-state index in [2.05, 4.69) is 23.2 Å². The summed E-state index contributed by atoms with van der Waals surface area (Å²) in [4.78, 5) is 20.9. The molecule has 6 heteroatoms. The monoisotopic (exact) mass is 374 g/mol. The molecule has 27 heavy (non-hydrogen) atoms. The van der Waals surface area contributed by atoms with Crippen molar-refractivity contribution in [2.24, 2.45) is 10.9 Å². The number of hydrogen-bond acceptors (Lipinski definition) is 3. The number of amides is 1. The molecule has 1 aromatic rings. The minimum atomic E-state index is 0.0334. The molecule has 1 fully saturated rings. The van der Waals surface area contributed by atoms with Gasteiger partial charge in [0.2, 0.25) is 0 Å². The third-order valence-electron chi connectivity index (χ3n) is 4.72. The van der Waals surface area contributed by atoms with Crippen LogP contribution in [-0.2, 0) is 11.2 Å². The highest BCUT2D eigenvalue weighted by molar-refractivity contribution is 5.94. The molecular weight excluding hydrogens is 340 g/mol. The maximum absolute atomic E-state index is 12.1. The summed E-state index contributed by atoms with van der Waals surface area (Å²) in [5.74, 6) is 1.60. The van der Waals surface area contributed by atoms with Crippen LogP contribution in [0.3, 0.4) is 0 Å². The molecule has 0 aliphatic carbocycles. The van der Waals surface area contributed by atoms with Crippen LogP contribution in [0.25, 0.3) is 0 Å². The van der Waals surface area contributed by atoms with Crippen LogP contribution in [0, 0.1) is 5.92 Å². The smallest absolute Gasteiger partial charge is 0.253 e. The van der Waals surface area contributed by atoms with Gasteiger partial charge >= 0.3 is 0 Å². The van der Waals surface area contributed by atoms with Crippen LogP contribution in [0.2, 0.25) is 0 Å². The zero-order valence-corrected chi connectivity index (χ0v) is 17.2. The van der Waals surface area contributed by atoms with Crippen LogP contribution in [0.4, 0.5) is 0 Å². The zero-order chi connectivity index (χ0) is 19.6. The number of carbonyl (C=O) groups excluding carboxylic acids is 1. The molecular formula is C21H34N4O2. The predicted molar refractivity (Wildman–Crippen MR) is 110 cm³/mol. The topological polar surface area (TPSA) is 57.2 Å². The molecule has 1 aliphatic heterocycles. The fourth-order valence-electron chi connectivity index (χ4n) is 3.28. The third-order valence-corrected chi connectivity index (χ3v) is 4.72. The molecule has 1 aromatic carbocycles. The number of nitrogens with zero attached hydrogens (tertiary/aromatic N) is 3. The van der Waals surface area contributed by atoms with Crippen LogP contribution in [0.15, 0.2) is 29.3 Å². The lowest BCUT2D eigenvalue weighted by Gasteiger charge is -2.21. The van der Waals surface area contributed by atoms with E-state index in [-0.39, 0.29) is 5.91 Å². The summed E-state index contributed by atoms with van der Waals surface area (Å²) in [6, 6.07) is 7.84.